The molecule has 1 aliphatic carbocycles. The Hall–Kier alpha value is -3.37. The van der Waals surface area contributed by atoms with Gasteiger partial charge in [-0.1, -0.05) is 0 Å². The number of aromatic nitrogens is 1. The molecule has 2 fully saturated rings. The van der Waals surface area contributed by atoms with E-state index in [1.165, 1.54) is 18.2 Å². The zero-order valence-corrected chi connectivity index (χ0v) is 19.3. The van der Waals surface area contributed by atoms with E-state index < -0.39 is 6.36 Å². The third-order valence-corrected chi connectivity index (χ3v) is 7.54. The standard InChI is InChI=1S/C24H28F3N5O3/c1-30-20-5-3-17(35-24(25,26)27)6-14(20)8-21(30)23(34)32-11-15-9-31(10-16(15)12-32)22(33)13-2-4-18(28)19(29)7-13/h3,5-6,8,13,15-16H,2,4,7,9-12,28-29H2,1H3/t13-,15?,16?/m1/s1. The average molecular weight is 492 g/mol. The number of allylic oxidation sites excluding steroid dienone is 2. The van der Waals surface area contributed by atoms with E-state index in [9.17, 15) is 22.8 Å². The van der Waals surface area contributed by atoms with Crippen molar-refractivity contribution in [1.82, 2.24) is 14.4 Å². The van der Waals surface area contributed by atoms with E-state index in [2.05, 4.69) is 4.74 Å². The minimum Gasteiger partial charge on any atom is -0.406 e. The predicted octanol–water partition coefficient (Wildman–Crippen LogP) is 2.54. The number of carbonyl (C=O) groups excluding carboxylic acids is 2. The van der Waals surface area contributed by atoms with Crippen molar-refractivity contribution in [2.24, 2.45) is 36.3 Å². The highest BCUT2D eigenvalue weighted by molar-refractivity contribution is 5.99. The Bertz CT molecular complexity index is 1210. The first kappa shape index (κ1) is 23.4. The fourth-order valence-corrected chi connectivity index (χ4v) is 5.69. The number of aryl methyl sites for hydroxylation is 1. The molecule has 0 radical (unpaired) electrons. The summed E-state index contributed by atoms with van der Waals surface area (Å²) in [5.41, 5.74) is 14.2. The molecule has 11 heteroatoms. The van der Waals surface area contributed by atoms with Crippen LogP contribution in [-0.4, -0.2) is 58.7 Å². The number of benzene rings is 1. The summed E-state index contributed by atoms with van der Waals surface area (Å²) in [7, 11) is 1.72. The van der Waals surface area contributed by atoms with E-state index in [1.807, 2.05) is 4.90 Å². The number of hydrogen-bond donors (Lipinski definition) is 2. The fraction of sp³-hybridized carbons (Fsp3) is 0.500. The third-order valence-electron chi connectivity index (χ3n) is 7.54. The number of hydrogen-bond acceptors (Lipinski definition) is 5. The van der Waals surface area contributed by atoms with E-state index in [-0.39, 0.29) is 35.3 Å². The molecule has 2 unspecified atom stereocenters. The van der Waals surface area contributed by atoms with Crippen molar-refractivity contribution in [3.8, 4) is 5.75 Å². The van der Waals surface area contributed by atoms with Crippen LogP contribution in [0.4, 0.5) is 13.2 Å². The zero-order chi connectivity index (χ0) is 25.1. The summed E-state index contributed by atoms with van der Waals surface area (Å²) in [6.07, 6.45) is -2.94. The quantitative estimate of drug-likeness (QED) is 0.686. The summed E-state index contributed by atoms with van der Waals surface area (Å²) >= 11 is 0. The summed E-state index contributed by atoms with van der Waals surface area (Å²) in [6.45, 7) is 2.29. The minimum absolute atomic E-state index is 0.110. The summed E-state index contributed by atoms with van der Waals surface area (Å²) in [5, 5.41) is 0.496. The highest BCUT2D eigenvalue weighted by Gasteiger charge is 2.44. The van der Waals surface area contributed by atoms with Gasteiger partial charge in [0.1, 0.15) is 11.4 Å². The normalized spacial score (nSPS) is 24.9. The first-order valence-electron chi connectivity index (χ1n) is 11.7. The van der Waals surface area contributed by atoms with Gasteiger partial charge in [0.2, 0.25) is 5.91 Å². The van der Waals surface area contributed by atoms with Gasteiger partial charge in [-0.2, -0.15) is 0 Å². The van der Waals surface area contributed by atoms with E-state index in [0.29, 0.717) is 73.4 Å². The average Bonchev–Trinajstić information content (AvgIpc) is 3.45. The Morgan fingerprint density at radius 3 is 2.29 bits per heavy atom. The van der Waals surface area contributed by atoms with Gasteiger partial charge in [0, 0.05) is 79.7 Å². The van der Waals surface area contributed by atoms with Crippen molar-refractivity contribution >= 4 is 22.7 Å². The lowest BCUT2D eigenvalue weighted by atomic mass is 9.89. The smallest absolute Gasteiger partial charge is 0.406 e. The largest absolute Gasteiger partial charge is 0.573 e. The van der Waals surface area contributed by atoms with Gasteiger partial charge in [0.05, 0.1) is 0 Å². The maximum Gasteiger partial charge on any atom is 0.573 e. The van der Waals surface area contributed by atoms with Crippen LogP contribution in [0.5, 0.6) is 5.75 Å². The van der Waals surface area contributed by atoms with E-state index >= 15 is 0 Å². The Labute approximate surface area is 200 Å². The SMILES string of the molecule is Cn1c(C(=O)N2CC3CN(C(=O)[C@@H]4CCC(N)=C(N)C4)CC3C2)cc2cc(OC(F)(F)F)ccc21. The summed E-state index contributed by atoms with van der Waals surface area (Å²) in [5.74, 6) is -0.126. The molecule has 0 bridgehead atoms. The van der Waals surface area contributed by atoms with Crippen molar-refractivity contribution in [1.29, 1.82) is 0 Å². The van der Waals surface area contributed by atoms with Gasteiger partial charge in [0.25, 0.3) is 5.91 Å². The second-order valence-corrected chi connectivity index (χ2v) is 9.82. The summed E-state index contributed by atoms with van der Waals surface area (Å²) in [6, 6.07) is 5.62. The second kappa shape index (κ2) is 8.39. The van der Waals surface area contributed by atoms with Crippen LogP contribution in [-0.2, 0) is 11.8 Å². The van der Waals surface area contributed by atoms with Crippen molar-refractivity contribution in [2.75, 3.05) is 26.2 Å². The molecular formula is C24H28F3N5O3. The molecule has 188 valence electrons. The molecule has 4 N–H and O–H groups in total. The monoisotopic (exact) mass is 491 g/mol. The first-order chi connectivity index (χ1) is 16.5. The molecular weight excluding hydrogens is 463 g/mol. The molecule has 35 heavy (non-hydrogen) atoms. The molecule has 0 saturated carbocycles. The summed E-state index contributed by atoms with van der Waals surface area (Å²) < 4.78 is 43.4. The number of rotatable bonds is 3. The number of halogens is 3. The Kier molecular flexibility index (Phi) is 5.60. The molecule has 2 amide bonds. The maximum absolute atomic E-state index is 13.3. The number of likely N-dealkylation sites (tertiary alicyclic amines) is 2. The highest BCUT2D eigenvalue weighted by Crippen LogP contribution is 2.35. The van der Waals surface area contributed by atoms with Crippen LogP contribution in [0, 0.1) is 17.8 Å². The lowest BCUT2D eigenvalue weighted by molar-refractivity contribution is -0.274. The second-order valence-electron chi connectivity index (χ2n) is 9.82. The molecule has 2 aromatic rings. The number of nitrogens with two attached hydrogens (primary N) is 2. The molecule has 1 aromatic carbocycles. The van der Waals surface area contributed by atoms with Crippen LogP contribution in [0.25, 0.3) is 10.9 Å². The van der Waals surface area contributed by atoms with Gasteiger partial charge in [0.15, 0.2) is 0 Å². The van der Waals surface area contributed by atoms with Crippen LogP contribution in [0.2, 0.25) is 0 Å². The van der Waals surface area contributed by atoms with Crippen LogP contribution in [0.15, 0.2) is 35.7 Å². The van der Waals surface area contributed by atoms with Gasteiger partial charge >= 0.3 is 6.36 Å². The maximum atomic E-state index is 13.3. The van der Waals surface area contributed by atoms with Gasteiger partial charge in [-0.05, 0) is 37.1 Å². The van der Waals surface area contributed by atoms with Gasteiger partial charge in [-0.25, -0.2) is 0 Å². The number of ether oxygens (including phenoxy) is 1. The number of alkyl halides is 3. The molecule has 3 aliphatic rings. The predicted molar refractivity (Wildman–Crippen MR) is 122 cm³/mol. The molecule has 2 aliphatic heterocycles. The first-order valence-corrected chi connectivity index (χ1v) is 11.7. The number of nitrogens with zero attached hydrogens (tertiary/aromatic N) is 3. The molecule has 0 spiro atoms. The molecule has 5 rings (SSSR count). The van der Waals surface area contributed by atoms with E-state index in [4.69, 9.17) is 11.5 Å². The van der Waals surface area contributed by atoms with Crippen molar-refractivity contribution in [3.63, 3.8) is 0 Å². The third kappa shape index (κ3) is 4.39. The lowest BCUT2D eigenvalue weighted by Crippen LogP contribution is -2.40. The van der Waals surface area contributed by atoms with E-state index in [0.717, 1.165) is 0 Å². The minimum atomic E-state index is -4.78. The topological polar surface area (TPSA) is 107 Å². The van der Waals surface area contributed by atoms with Crippen LogP contribution in [0.3, 0.4) is 0 Å². The molecule has 8 nitrogen and oxygen atoms in total. The van der Waals surface area contributed by atoms with Gasteiger partial charge in [-0.3, -0.25) is 9.59 Å². The van der Waals surface area contributed by atoms with Crippen LogP contribution >= 0.6 is 0 Å². The summed E-state index contributed by atoms with van der Waals surface area (Å²) in [4.78, 5) is 30.0. The van der Waals surface area contributed by atoms with Crippen LogP contribution in [0.1, 0.15) is 29.8 Å². The molecule has 1 aromatic heterocycles. The highest BCUT2D eigenvalue weighted by atomic mass is 19.4. The fourth-order valence-electron chi connectivity index (χ4n) is 5.69. The van der Waals surface area contributed by atoms with Crippen molar-refractivity contribution < 1.29 is 27.5 Å². The molecule has 2 saturated heterocycles. The lowest BCUT2D eigenvalue weighted by Gasteiger charge is -2.28. The van der Waals surface area contributed by atoms with Gasteiger partial charge < -0.3 is 30.6 Å². The Morgan fingerprint density at radius 1 is 1.00 bits per heavy atom. The number of fused-ring (bicyclic) bond motifs is 2. The number of amides is 2. The van der Waals surface area contributed by atoms with Crippen molar-refractivity contribution in [3.05, 3.63) is 41.4 Å². The van der Waals surface area contributed by atoms with Crippen molar-refractivity contribution in [2.45, 2.75) is 25.6 Å². The molecule has 3 atom stereocenters. The molecule has 3 heterocycles. The number of carbonyl (C=O) groups is 2. The van der Waals surface area contributed by atoms with Gasteiger partial charge in [-0.15, -0.1) is 13.2 Å². The van der Waals surface area contributed by atoms with Crippen LogP contribution < -0.4 is 16.2 Å². The Balaban J connectivity index is 1.24. The Morgan fingerprint density at radius 2 is 1.66 bits per heavy atom. The zero-order valence-electron chi connectivity index (χ0n) is 19.3. The van der Waals surface area contributed by atoms with E-state index in [1.54, 1.807) is 22.6 Å².